The first-order valence-electron chi connectivity index (χ1n) is 14.2. The minimum Gasteiger partial charge on any atom is -0.381 e. The number of carbonyl (C=O) groups excluding carboxylic acids is 2. The van der Waals surface area contributed by atoms with E-state index in [9.17, 15) is 14.7 Å². The number of nitrogens with zero attached hydrogens (tertiary/aromatic N) is 3. The van der Waals surface area contributed by atoms with Gasteiger partial charge in [-0.2, -0.15) is 0 Å². The summed E-state index contributed by atoms with van der Waals surface area (Å²) in [4.78, 5) is 36.9. The molecule has 1 saturated heterocycles. The second-order valence-electron chi connectivity index (χ2n) is 11.6. The lowest BCUT2D eigenvalue weighted by atomic mass is 9.84. The number of aliphatic hydroxyl groups is 1. The fourth-order valence-corrected chi connectivity index (χ4v) is 6.77. The third-order valence-electron chi connectivity index (χ3n) is 8.26. The van der Waals surface area contributed by atoms with E-state index in [2.05, 4.69) is 23.2 Å². The van der Waals surface area contributed by atoms with Gasteiger partial charge < -0.3 is 15.3 Å². The summed E-state index contributed by atoms with van der Waals surface area (Å²) in [6.07, 6.45) is 6.09. The monoisotopic (exact) mass is 548 g/mol. The lowest BCUT2D eigenvalue weighted by Crippen LogP contribution is -2.53. The van der Waals surface area contributed by atoms with Gasteiger partial charge in [-0.25, -0.2) is 4.98 Å². The van der Waals surface area contributed by atoms with E-state index >= 15 is 0 Å². The van der Waals surface area contributed by atoms with Crippen LogP contribution in [0.25, 0.3) is 21.5 Å². The van der Waals surface area contributed by atoms with Crippen LogP contribution in [0.2, 0.25) is 0 Å². The number of para-hydroxylation sites is 1. The molecule has 5 rings (SSSR count). The second kappa shape index (κ2) is 11.7. The molecule has 8 heteroatoms. The quantitative estimate of drug-likeness (QED) is 0.430. The molecule has 0 radical (unpaired) electrons. The van der Waals surface area contributed by atoms with Crippen molar-refractivity contribution in [3.8, 4) is 10.6 Å². The third-order valence-corrected chi connectivity index (χ3v) is 9.13. The summed E-state index contributed by atoms with van der Waals surface area (Å²) in [6.45, 7) is 8.20. The van der Waals surface area contributed by atoms with Gasteiger partial charge in [-0.1, -0.05) is 43.5 Å². The largest absolute Gasteiger partial charge is 0.381 e. The maximum Gasteiger partial charge on any atom is 0.254 e. The number of hydrogen-bond donors (Lipinski definition) is 2. The molecule has 1 aliphatic heterocycles. The Kier molecular flexibility index (Phi) is 8.35. The highest BCUT2D eigenvalue weighted by Crippen LogP contribution is 2.34. The maximum atomic E-state index is 14.1. The molecule has 1 aliphatic carbocycles. The smallest absolute Gasteiger partial charge is 0.254 e. The summed E-state index contributed by atoms with van der Waals surface area (Å²) in [6, 6.07) is 12.1. The maximum absolute atomic E-state index is 14.1. The zero-order chi connectivity index (χ0) is 27.6. The predicted molar refractivity (Wildman–Crippen MR) is 157 cm³/mol. The van der Waals surface area contributed by atoms with Crippen molar-refractivity contribution in [1.29, 1.82) is 0 Å². The van der Waals surface area contributed by atoms with Crippen LogP contribution in [-0.2, 0) is 11.3 Å². The van der Waals surface area contributed by atoms with Gasteiger partial charge in [-0.05, 0) is 57.0 Å². The number of carbonyl (C=O) groups is 2. The van der Waals surface area contributed by atoms with E-state index < -0.39 is 5.60 Å². The van der Waals surface area contributed by atoms with Gasteiger partial charge in [0.2, 0.25) is 0 Å². The Balaban J connectivity index is 1.49. The van der Waals surface area contributed by atoms with Crippen LogP contribution < -0.4 is 5.32 Å². The van der Waals surface area contributed by atoms with E-state index in [1.807, 2.05) is 35.7 Å². The molecule has 3 aromatic rings. The molecule has 2 aromatic heterocycles. The van der Waals surface area contributed by atoms with E-state index in [-0.39, 0.29) is 17.9 Å². The summed E-state index contributed by atoms with van der Waals surface area (Å²) in [5, 5.41) is 16.5. The van der Waals surface area contributed by atoms with Crippen molar-refractivity contribution in [2.24, 2.45) is 5.92 Å². The molecule has 1 aromatic carbocycles. The molecule has 2 amide bonds. The van der Waals surface area contributed by atoms with Gasteiger partial charge in [0.15, 0.2) is 0 Å². The van der Waals surface area contributed by atoms with E-state index in [0.717, 1.165) is 27.0 Å². The number of nitrogens with one attached hydrogen (secondary N) is 1. The van der Waals surface area contributed by atoms with Crippen molar-refractivity contribution in [1.82, 2.24) is 20.1 Å². The van der Waals surface area contributed by atoms with E-state index in [4.69, 9.17) is 4.98 Å². The number of rotatable bonds is 7. The minimum absolute atomic E-state index is 0.0321. The molecule has 7 nitrogen and oxygen atoms in total. The number of fused-ring (bicyclic) bond motifs is 1. The lowest BCUT2D eigenvalue weighted by Gasteiger charge is -2.37. The fourth-order valence-electron chi connectivity index (χ4n) is 6.03. The molecule has 1 saturated carbocycles. The predicted octanol–water partition coefficient (Wildman–Crippen LogP) is 5.08. The molecule has 208 valence electrons. The summed E-state index contributed by atoms with van der Waals surface area (Å²) in [5.41, 5.74) is 1.94. The number of pyridine rings is 1. The molecule has 0 bridgehead atoms. The fraction of sp³-hybridized carbons (Fsp3) is 0.516. The van der Waals surface area contributed by atoms with Crippen molar-refractivity contribution in [2.45, 2.75) is 71.1 Å². The van der Waals surface area contributed by atoms with Crippen molar-refractivity contribution in [3.05, 3.63) is 52.9 Å². The number of hydrogen-bond acceptors (Lipinski definition) is 6. The molecule has 1 unspecified atom stereocenters. The molecular weight excluding hydrogens is 508 g/mol. The van der Waals surface area contributed by atoms with Crippen LogP contribution in [0.3, 0.4) is 0 Å². The van der Waals surface area contributed by atoms with Crippen LogP contribution in [0.5, 0.6) is 0 Å². The first-order valence-corrected chi connectivity index (χ1v) is 15.1. The zero-order valence-electron chi connectivity index (χ0n) is 23.3. The topological polar surface area (TPSA) is 85.8 Å². The standard InChI is InChI=1S/C31H40N4O3S/c1-21(22-10-5-4-6-11-22)32-29(36)27-23-12-7-8-13-25(23)33-28(26-14-9-19-39-26)24(27)20-34-15-17-35(18-16-34)30(37)31(2,3)38/h7-9,12-14,19,21-22,38H,4-6,10-11,15-18,20H2,1-3H3,(H,32,36). The Morgan fingerprint density at radius 1 is 1.08 bits per heavy atom. The first kappa shape index (κ1) is 27.7. The number of piperazine rings is 1. The van der Waals surface area contributed by atoms with Crippen molar-refractivity contribution in [3.63, 3.8) is 0 Å². The summed E-state index contributed by atoms with van der Waals surface area (Å²) < 4.78 is 0. The van der Waals surface area contributed by atoms with E-state index in [1.54, 1.807) is 16.2 Å². The van der Waals surface area contributed by atoms with Gasteiger partial charge in [0.05, 0.1) is 21.7 Å². The molecule has 2 aliphatic rings. The summed E-state index contributed by atoms with van der Waals surface area (Å²) >= 11 is 1.63. The average molecular weight is 549 g/mol. The Hall–Kier alpha value is -2.81. The molecule has 3 heterocycles. The molecular formula is C31H40N4O3S. The lowest BCUT2D eigenvalue weighted by molar-refractivity contribution is -0.149. The number of benzene rings is 1. The molecule has 2 N–H and O–H groups in total. The van der Waals surface area contributed by atoms with Gasteiger partial charge >= 0.3 is 0 Å². The van der Waals surface area contributed by atoms with Crippen LogP contribution in [0.4, 0.5) is 0 Å². The van der Waals surface area contributed by atoms with Gasteiger partial charge in [0, 0.05) is 49.7 Å². The molecule has 0 spiro atoms. The zero-order valence-corrected chi connectivity index (χ0v) is 24.1. The van der Waals surface area contributed by atoms with E-state index in [0.29, 0.717) is 44.2 Å². The highest BCUT2D eigenvalue weighted by Gasteiger charge is 2.33. The van der Waals surface area contributed by atoms with Crippen LogP contribution >= 0.6 is 11.3 Å². The van der Waals surface area contributed by atoms with Crippen LogP contribution in [0.15, 0.2) is 41.8 Å². The Morgan fingerprint density at radius 2 is 1.79 bits per heavy atom. The Bertz CT molecular complexity index is 1300. The van der Waals surface area contributed by atoms with Gasteiger partial charge in [-0.15, -0.1) is 11.3 Å². The number of amides is 2. The van der Waals surface area contributed by atoms with E-state index in [1.165, 1.54) is 46.0 Å². The number of thiophene rings is 1. The van der Waals surface area contributed by atoms with Gasteiger partial charge in [0.1, 0.15) is 5.60 Å². The highest BCUT2D eigenvalue weighted by molar-refractivity contribution is 7.13. The highest BCUT2D eigenvalue weighted by atomic mass is 32.1. The number of aromatic nitrogens is 1. The summed E-state index contributed by atoms with van der Waals surface area (Å²) in [7, 11) is 0. The van der Waals surface area contributed by atoms with Crippen LogP contribution in [0, 0.1) is 5.92 Å². The van der Waals surface area contributed by atoms with Gasteiger partial charge in [0.25, 0.3) is 11.8 Å². The van der Waals surface area contributed by atoms with Crippen LogP contribution in [0.1, 0.15) is 68.8 Å². The minimum atomic E-state index is -1.38. The van der Waals surface area contributed by atoms with Crippen molar-refractivity contribution < 1.29 is 14.7 Å². The molecule has 2 fully saturated rings. The average Bonchev–Trinajstić information content (AvgIpc) is 3.47. The Labute approximate surface area is 235 Å². The summed E-state index contributed by atoms with van der Waals surface area (Å²) in [5.74, 6) is 0.235. The molecule has 1 atom stereocenters. The molecule has 39 heavy (non-hydrogen) atoms. The van der Waals surface area contributed by atoms with Crippen molar-refractivity contribution in [2.75, 3.05) is 26.2 Å². The van der Waals surface area contributed by atoms with Crippen LogP contribution in [-0.4, -0.2) is 69.5 Å². The van der Waals surface area contributed by atoms with Gasteiger partial charge in [-0.3, -0.25) is 14.5 Å². The van der Waals surface area contributed by atoms with Crippen molar-refractivity contribution >= 4 is 34.1 Å². The first-order chi connectivity index (χ1) is 18.7. The SMILES string of the molecule is CC(NC(=O)c1c(CN2CCN(C(=O)C(C)(C)O)CC2)c(-c2cccs2)nc2ccccc12)C1CCCCC1. The normalized spacial score (nSPS) is 18.3. The Morgan fingerprint density at radius 3 is 2.46 bits per heavy atom. The second-order valence-corrected chi connectivity index (χ2v) is 12.5. The third kappa shape index (κ3) is 6.18.